The Labute approximate surface area is 217 Å². The molecule has 0 amide bonds. The third-order valence-electron chi connectivity index (χ3n) is 6.91. The Balaban J connectivity index is 1.90. The zero-order valence-corrected chi connectivity index (χ0v) is 21.6. The van der Waals surface area contributed by atoms with E-state index in [1.807, 2.05) is 0 Å². The molecule has 3 heterocycles. The van der Waals surface area contributed by atoms with Gasteiger partial charge in [0.2, 0.25) is 0 Å². The van der Waals surface area contributed by atoms with Gasteiger partial charge in [-0.1, -0.05) is 13.0 Å². The van der Waals surface area contributed by atoms with Crippen molar-refractivity contribution in [1.29, 1.82) is 0 Å². The quantitative estimate of drug-likeness (QED) is 0.367. The minimum absolute atomic E-state index is 0.0139. The van der Waals surface area contributed by atoms with Gasteiger partial charge in [0.15, 0.2) is 9.84 Å². The Morgan fingerprint density at radius 1 is 1.13 bits per heavy atom. The number of aryl methyl sites for hydroxylation is 1. The molecule has 2 aromatic heterocycles. The number of anilines is 2. The first-order valence-corrected chi connectivity index (χ1v) is 13.9. The van der Waals surface area contributed by atoms with Crippen molar-refractivity contribution in [3.63, 3.8) is 0 Å². The van der Waals surface area contributed by atoms with Crippen LogP contribution >= 0.6 is 0 Å². The second-order valence-electron chi connectivity index (χ2n) is 9.83. The minimum Gasteiger partial charge on any atom is -0.481 e. The number of nitrogens with zero attached hydrogens (tertiary/aromatic N) is 2. The van der Waals surface area contributed by atoms with Crippen molar-refractivity contribution >= 4 is 38.1 Å². The average Bonchev–Trinajstić information content (AvgIpc) is 3.23. The van der Waals surface area contributed by atoms with Gasteiger partial charge in [-0.05, 0) is 36.2 Å². The lowest BCUT2D eigenvalue weighted by atomic mass is 9.93. The number of nitrogens with one attached hydrogen (secondary N) is 1. The molecule has 1 aliphatic heterocycles. The van der Waals surface area contributed by atoms with Crippen LogP contribution in [0.15, 0.2) is 53.6 Å². The molecule has 198 valence electrons. The number of H-pyrrole nitrogens is 1. The van der Waals surface area contributed by atoms with Gasteiger partial charge in [0.1, 0.15) is 17.2 Å². The van der Waals surface area contributed by atoms with E-state index in [2.05, 4.69) is 4.98 Å². The molecule has 0 bridgehead atoms. The standard InChI is InChI=1S/C27H25F2N3O5S/c1-14(27(34)35)8-23-18-11-30-25-24(18)19(12-31(2)26(25)33)17-9-15(13-38(3,36)37)4-6-21(17)32(23)22-7-5-16(28)10-20(22)29/h4-7,9-12,14,23,30H,8,13H2,1-3H3,(H,34,35)/t14-,23?/m0/s1. The molecule has 2 aromatic carbocycles. The number of aromatic nitrogens is 2. The van der Waals surface area contributed by atoms with E-state index in [0.717, 1.165) is 18.4 Å². The number of aromatic amines is 1. The highest BCUT2D eigenvalue weighted by Crippen LogP contribution is 2.50. The largest absolute Gasteiger partial charge is 0.481 e. The number of rotatable bonds is 6. The summed E-state index contributed by atoms with van der Waals surface area (Å²) in [6.45, 7) is 1.54. The SMILES string of the molecule is C[C@@H](CC1c2c[nH]c3c(=O)n(C)cc(c23)-c2cc(CS(C)(=O)=O)ccc2N1c1ccc(F)cc1F)C(=O)O. The van der Waals surface area contributed by atoms with Gasteiger partial charge >= 0.3 is 5.97 Å². The summed E-state index contributed by atoms with van der Waals surface area (Å²) in [6, 6.07) is 7.36. The molecule has 8 nitrogen and oxygen atoms in total. The molecule has 11 heteroatoms. The van der Waals surface area contributed by atoms with Gasteiger partial charge in [-0.3, -0.25) is 9.59 Å². The summed E-state index contributed by atoms with van der Waals surface area (Å²) in [7, 11) is -1.80. The summed E-state index contributed by atoms with van der Waals surface area (Å²) in [5.41, 5.74) is 2.65. The topological polar surface area (TPSA) is 112 Å². The van der Waals surface area contributed by atoms with Gasteiger partial charge < -0.3 is 19.6 Å². The number of sulfone groups is 1. The van der Waals surface area contributed by atoms with Crippen LogP contribution in [0.1, 0.15) is 30.5 Å². The van der Waals surface area contributed by atoms with Crippen LogP contribution in [-0.2, 0) is 27.4 Å². The number of fused-ring (bicyclic) bond motifs is 2. The first-order chi connectivity index (χ1) is 17.9. The van der Waals surface area contributed by atoms with Gasteiger partial charge in [0.25, 0.3) is 5.56 Å². The lowest BCUT2D eigenvalue weighted by Crippen LogP contribution is -2.28. The van der Waals surface area contributed by atoms with E-state index in [0.29, 0.717) is 33.3 Å². The summed E-state index contributed by atoms with van der Waals surface area (Å²) in [5, 5.41) is 10.3. The number of benzene rings is 2. The first kappa shape index (κ1) is 25.7. The van der Waals surface area contributed by atoms with E-state index in [-0.39, 0.29) is 28.9 Å². The molecule has 5 rings (SSSR count). The molecule has 0 saturated heterocycles. The Bertz CT molecular complexity index is 1780. The maximum absolute atomic E-state index is 15.4. The lowest BCUT2D eigenvalue weighted by molar-refractivity contribution is -0.141. The second kappa shape index (κ2) is 9.09. The molecule has 2 N–H and O–H groups in total. The molecule has 4 aromatic rings. The van der Waals surface area contributed by atoms with E-state index in [9.17, 15) is 27.5 Å². The van der Waals surface area contributed by atoms with Gasteiger partial charge in [-0.25, -0.2) is 17.2 Å². The van der Waals surface area contributed by atoms with Crippen LogP contribution in [0.5, 0.6) is 0 Å². The van der Waals surface area contributed by atoms with Crippen molar-refractivity contribution in [1.82, 2.24) is 9.55 Å². The zero-order chi connectivity index (χ0) is 27.5. The molecule has 0 radical (unpaired) electrons. The van der Waals surface area contributed by atoms with Crippen molar-refractivity contribution in [2.45, 2.75) is 25.1 Å². The Morgan fingerprint density at radius 2 is 1.84 bits per heavy atom. The summed E-state index contributed by atoms with van der Waals surface area (Å²) in [4.78, 5) is 29.6. The number of halogens is 2. The molecule has 0 fully saturated rings. The van der Waals surface area contributed by atoms with Crippen molar-refractivity contribution in [2.75, 3.05) is 11.2 Å². The van der Waals surface area contributed by atoms with Crippen molar-refractivity contribution in [3.8, 4) is 11.1 Å². The number of hydrogen-bond acceptors (Lipinski definition) is 5. The molecular formula is C27H25F2N3O5S. The maximum atomic E-state index is 15.4. The monoisotopic (exact) mass is 541 g/mol. The number of aliphatic carboxylic acids is 1. The van der Waals surface area contributed by atoms with Crippen LogP contribution in [0.2, 0.25) is 0 Å². The average molecular weight is 542 g/mol. The molecule has 0 saturated carbocycles. The summed E-state index contributed by atoms with van der Waals surface area (Å²) < 4.78 is 54.8. The van der Waals surface area contributed by atoms with E-state index >= 15 is 4.39 Å². The summed E-state index contributed by atoms with van der Waals surface area (Å²) >= 11 is 0. The third kappa shape index (κ3) is 4.36. The number of pyridine rings is 1. The number of hydrogen-bond donors (Lipinski definition) is 2. The van der Waals surface area contributed by atoms with Crippen LogP contribution in [-0.4, -0.2) is 35.3 Å². The Kier molecular flexibility index (Phi) is 6.13. The Hall–Kier alpha value is -3.99. The molecular weight excluding hydrogens is 516 g/mol. The van der Waals surface area contributed by atoms with Crippen molar-refractivity contribution in [2.24, 2.45) is 13.0 Å². The summed E-state index contributed by atoms with van der Waals surface area (Å²) in [6.07, 6.45) is 4.41. The van der Waals surface area contributed by atoms with E-state index in [1.54, 1.807) is 42.5 Å². The predicted molar refractivity (Wildman–Crippen MR) is 140 cm³/mol. The smallest absolute Gasteiger partial charge is 0.306 e. The fourth-order valence-electron chi connectivity index (χ4n) is 5.21. The van der Waals surface area contributed by atoms with Crippen LogP contribution in [0, 0.1) is 17.6 Å². The summed E-state index contributed by atoms with van der Waals surface area (Å²) in [5.74, 6) is -3.75. The fourth-order valence-corrected chi connectivity index (χ4v) is 5.99. The molecule has 0 spiro atoms. The predicted octanol–water partition coefficient (Wildman–Crippen LogP) is 4.66. The van der Waals surface area contributed by atoms with E-state index in [4.69, 9.17) is 0 Å². The number of carboxylic acids is 1. The van der Waals surface area contributed by atoms with Crippen molar-refractivity contribution in [3.05, 3.63) is 81.9 Å². The highest BCUT2D eigenvalue weighted by Gasteiger charge is 2.36. The van der Waals surface area contributed by atoms with Gasteiger partial charge in [0, 0.05) is 59.5 Å². The molecule has 2 atom stereocenters. The second-order valence-corrected chi connectivity index (χ2v) is 12.0. The van der Waals surface area contributed by atoms with Crippen LogP contribution in [0.25, 0.3) is 22.0 Å². The third-order valence-corrected chi connectivity index (χ3v) is 7.77. The van der Waals surface area contributed by atoms with Crippen molar-refractivity contribution < 1.29 is 27.1 Å². The van der Waals surface area contributed by atoms with Crippen LogP contribution < -0.4 is 10.5 Å². The molecule has 38 heavy (non-hydrogen) atoms. The zero-order valence-electron chi connectivity index (χ0n) is 20.8. The van der Waals surface area contributed by atoms with Gasteiger partial charge in [0.05, 0.1) is 23.4 Å². The molecule has 0 aliphatic carbocycles. The number of carbonyl (C=O) groups is 1. The van der Waals surface area contributed by atoms with Crippen LogP contribution in [0.3, 0.4) is 0 Å². The van der Waals surface area contributed by atoms with Crippen LogP contribution in [0.4, 0.5) is 20.2 Å². The van der Waals surface area contributed by atoms with Gasteiger partial charge in [-0.15, -0.1) is 0 Å². The van der Waals surface area contributed by atoms with E-state index < -0.39 is 39.4 Å². The van der Waals surface area contributed by atoms with Gasteiger partial charge in [-0.2, -0.15) is 0 Å². The fraction of sp³-hybridized carbons (Fsp3) is 0.259. The Morgan fingerprint density at radius 3 is 2.50 bits per heavy atom. The maximum Gasteiger partial charge on any atom is 0.306 e. The number of carboxylic acid groups (broad SMARTS) is 1. The first-order valence-electron chi connectivity index (χ1n) is 11.8. The minimum atomic E-state index is -3.38. The van der Waals surface area contributed by atoms with E-state index in [1.165, 1.54) is 17.6 Å². The normalized spacial score (nSPS) is 15.8. The highest BCUT2D eigenvalue weighted by atomic mass is 32.2. The highest BCUT2D eigenvalue weighted by molar-refractivity contribution is 7.89. The molecule has 1 unspecified atom stereocenters. The lowest BCUT2D eigenvalue weighted by Gasteiger charge is -2.35. The molecule has 1 aliphatic rings.